The van der Waals surface area contributed by atoms with Gasteiger partial charge in [-0.05, 0) is 77.6 Å². The van der Waals surface area contributed by atoms with Gasteiger partial charge in [-0.2, -0.15) is 0 Å². The number of benzene rings is 1. The summed E-state index contributed by atoms with van der Waals surface area (Å²) in [5.41, 5.74) is 0.381. The lowest BCUT2D eigenvalue weighted by Crippen LogP contribution is -2.86. The van der Waals surface area contributed by atoms with E-state index in [0.717, 1.165) is 51.5 Å². The van der Waals surface area contributed by atoms with Gasteiger partial charge in [-0.3, -0.25) is 0 Å². The van der Waals surface area contributed by atoms with Crippen LogP contribution >= 0.6 is 0 Å². The maximum Gasteiger partial charge on any atom is 0.166 e. The lowest BCUT2D eigenvalue weighted by molar-refractivity contribution is -0.336. The maximum absolute atomic E-state index is 11.8. The van der Waals surface area contributed by atoms with Gasteiger partial charge in [0.15, 0.2) is 11.5 Å². The lowest BCUT2D eigenvalue weighted by Gasteiger charge is -2.78. The Morgan fingerprint density at radius 3 is 2.77 bits per heavy atom. The lowest BCUT2D eigenvalue weighted by atomic mass is 9.30. The highest BCUT2D eigenvalue weighted by atomic mass is 16.6. The topological polar surface area (TPSA) is 62.2 Å². The van der Waals surface area contributed by atoms with Crippen LogP contribution in [-0.4, -0.2) is 58.7 Å². The summed E-state index contributed by atoms with van der Waals surface area (Å²) in [6.45, 7) is 7.43. The highest BCUT2D eigenvalue weighted by Crippen LogP contribution is 2.80. The first kappa shape index (κ1) is 20.3. The fourth-order valence-corrected chi connectivity index (χ4v) is 9.75. The number of nitrogens with zero attached hydrogens (tertiary/aromatic N) is 1. The smallest absolute Gasteiger partial charge is 0.166 e. The van der Waals surface area contributed by atoms with Crippen LogP contribution in [0.3, 0.4) is 0 Å². The molecule has 2 heterocycles. The largest absolute Gasteiger partial charge is 0.504 e. The van der Waals surface area contributed by atoms with Gasteiger partial charge in [0.2, 0.25) is 0 Å². The molecular formula is C26H37NO4. The van der Waals surface area contributed by atoms with E-state index >= 15 is 0 Å². The number of phenols is 1. The molecule has 0 radical (unpaired) electrons. The predicted octanol–water partition coefficient (Wildman–Crippen LogP) is 3.78. The molecule has 2 spiro atoms. The number of fused-ring (bicyclic) bond motifs is 2. The zero-order valence-electron chi connectivity index (χ0n) is 19.6. The molecule has 5 heteroatoms. The van der Waals surface area contributed by atoms with Crippen LogP contribution in [0.1, 0.15) is 70.4 Å². The fourth-order valence-electron chi connectivity index (χ4n) is 9.75. The average Bonchev–Trinajstić information content (AvgIpc) is 3.03. The van der Waals surface area contributed by atoms with E-state index in [1.54, 1.807) is 0 Å². The Morgan fingerprint density at radius 2 is 2.06 bits per heavy atom. The van der Waals surface area contributed by atoms with Crippen LogP contribution < -0.4 is 4.74 Å². The highest BCUT2D eigenvalue weighted by molar-refractivity contribution is 5.65. The summed E-state index contributed by atoms with van der Waals surface area (Å²) in [4.78, 5) is 2.57. The van der Waals surface area contributed by atoms with Crippen molar-refractivity contribution >= 4 is 0 Å². The Kier molecular flexibility index (Phi) is 3.79. The fraction of sp³-hybridized carbons (Fsp3) is 0.769. The molecule has 2 aliphatic heterocycles. The van der Waals surface area contributed by atoms with Crippen LogP contribution in [0, 0.1) is 11.3 Å². The normalized spacial score (nSPS) is 46.4. The zero-order chi connectivity index (χ0) is 22.0. The number of hydrogen-bond donors (Lipinski definition) is 2. The first-order chi connectivity index (χ1) is 14.6. The van der Waals surface area contributed by atoms with Crippen LogP contribution in [-0.2, 0) is 16.6 Å². The SMILES string of the molecule is CCCC(C)(O)C1C[C@@]23CC[C@]1(OC)[C@@]1(C)Oc4c(O)ccc5c4[C@]21CCN(C)[C@@H]3C5. The molecule has 6 aliphatic rings. The number of likely N-dealkylation sites (N-methyl/N-ethyl adjacent to an activating group) is 1. The Labute approximate surface area is 185 Å². The summed E-state index contributed by atoms with van der Waals surface area (Å²) >= 11 is 0. The minimum absolute atomic E-state index is 0.0103. The molecule has 170 valence electrons. The van der Waals surface area contributed by atoms with Gasteiger partial charge >= 0.3 is 0 Å². The number of hydrogen-bond acceptors (Lipinski definition) is 5. The number of rotatable bonds is 4. The van der Waals surface area contributed by atoms with Crippen molar-refractivity contribution in [1.29, 1.82) is 0 Å². The monoisotopic (exact) mass is 427 g/mol. The Hall–Kier alpha value is -1.30. The number of methoxy groups -OCH3 is 1. The summed E-state index contributed by atoms with van der Waals surface area (Å²) in [5, 5.41) is 22.7. The van der Waals surface area contributed by atoms with Crippen LogP contribution in [0.25, 0.3) is 0 Å². The van der Waals surface area contributed by atoms with Crippen LogP contribution in [0.2, 0.25) is 0 Å². The van der Waals surface area contributed by atoms with E-state index in [9.17, 15) is 10.2 Å². The number of ether oxygens (including phenoxy) is 2. The molecule has 5 nitrogen and oxygen atoms in total. The molecule has 4 bridgehead atoms. The van der Waals surface area contributed by atoms with Gasteiger partial charge in [0.1, 0.15) is 11.2 Å². The van der Waals surface area contributed by atoms with Crippen molar-refractivity contribution in [1.82, 2.24) is 4.90 Å². The summed E-state index contributed by atoms with van der Waals surface area (Å²) < 4.78 is 13.5. The number of aliphatic hydroxyl groups is 1. The second-order valence-electron chi connectivity index (χ2n) is 11.6. The maximum atomic E-state index is 11.8. The van der Waals surface area contributed by atoms with Crippen molar-refractivity contribution in [3.05, 3.63) is 23.3 Å². The van der Waals surface area contributed by atoms with Gasteiger partial charge in [0, 0.05) is 30.0 Å². The highest BCUT2D eigenvalue weighted by Gasteiger charge is 2.86. The average molecular weight is 428 g/mol. The second kappa shape index (κ2) is 5.78. The van der Waals surface area contributed by atoms with E-state index < -0.39 is 16.8 Å². The molecule has 7 atom stereocenters. The van der Waals surface area contributed by atoms with Crippen molar-refractivity contribution in [3.63, 3.8) is 0 Å². The molecule has 7 rings (SSSR count). The third kappa shape index (κ3) is 1.87. The third-order valence-electron chi connectivity index (χ3n) is 10.8. The molecule has 3 saturated carbocycles. The molecule has 0 aromatic heterocycles. The molecule has 2 N–H and O–H groups in total. The van der Waals surface area contributed by atoms with E-state index in [4.69, 9.17) is 9.47 Å². The van der Waals surface area contributed by atoms with Gasteiger partial charge in [0.25, 0.3) is 0 Å². The number of likely N-dealkylation sites (tertiary alicyclic amines) is 1. The number of phenolic OH excluding ortho intramolecular Hbond substituents is 1. The van der Waals surface area contributed by atoms with Gasteiger partial charge in [-0.15, -0.1) is 0 Å². The summed E-state index contributed by atoms with van der Waals surface area (Å²) in [6, 6.07) is 4.35. The molecule has 0 amide bonds. The standard InChI is InChI=1S/C26H37NO4/c1-6-9-22(2,29)18-15-24-10-11-26(18,30-5)23(3)25(24)12-13-27(4)19(24)14-16-7-8-17(28)21(31-23)20(16)25/h7-8,18-19,28-29H,6,9-15H2,1-5H3/t18?,19-,22?,23+,24-,25+,26-/m1/s1. The van der Waals surface area contributed by atoms with E-state index in [2.05, 4.69) is 31.9 Å². The van der Waals surface area contributed by atoms with Gasteiger partial charge in [-0.25, -0.2) is 0 Å². The molecule has 1 aromatic rings. The minimum atomic E-state index is -0.823. The minimum Gasteiger partial charge on any atom is -0.504 e. The van der Waals surface area contributed by atoms with Crippen molar-refractivity contribution in [3.8, 4) is 11.5 Å². The number of aromatic hydroxyl groups is 1. The Balaban J connectivity index is 1.69. The first-order valence-electron chi connectivity index (χ1n) is 12.2. The van der Waals surface area contributed by atoms with E-state index in [1.165, 1.54) is 11.1 Å². The van der Waals surface area contributed by atoms with Crippen molar-refractivity contribution in [2.45, 2.75) is 94.0 Å². The van der Waals surface area contributed by atoms with E-state index in [-0.39, 0.29) is 22.5 Å². The summed E-state index contributed by atoms with van der Waals surface area (Å²) in [7, 11) is 4.09. The number of piperidine rings is 1. The van der Waals surface area contributed by atoms with Crippen LogP contribution in [0.5, 0.6) is 11.5 Å². The van der Waals surface area contributed by atoms with Crippen LogP contribution in [0.4, 0.5) is 0 Å². The van der Waals surface area contributed by atoms with Crippen LogP contribution in [0.15, 0.2) is 12.1 Å². The second-order valence-corrected chi connectivity index (χ2v) is 11.6. The zero-order valence-corrected chi connectivity index (χ0v) is 19.6. The van der Waals surface area contributed by atoms with Crippen molar-refractivity contribution in [2.75, 3.05) is 20.7 Å². The molecule has 4 fully saturated rings. The summed E-state index contributed by atoms with van der Waals surface area (Å²) in [5.74, 6) is 0.925. The van der Waals surface area contributed by atoms with Crippen molar-refractivity contribution in [2.24, 2.45) is 11.3 Å². The van der Waals surface area contributed by atoms with Gasteiger partial charge in [-0.1, -0.05) is 19.4 Å². The van der Waals surface area contributed by atoms with Gasteiger partial charge < -0.3 is 24.6 Å². The summed E-state index contributed by atoms with van der Waals surface area (Å²) in [6.07, 6.45) is 6.62. The molecule has 1 saturated heterocycles. The Morgan fingerprint density at radius 1 is 1.29 bits per heavy atom. The molecule has 2 unspecified atom stereocenters. The predicted molar refractivity (Wildman–Crippen MR) is 119 cm³/mol. The molecule has 4 aliphatic carbocycles. The first-order valence-corrected chi connectivity index (χ1v) is 12.2. The Bertz CT molecular complexity index is 961. The quantitative estimate of drug-likeness (QED) is 0.766. The third-order valence-corrected chi connectivity index (χ3v) is 10.8. The van der Waals surface area contributed by atoms with Crippen molar-refractivity contribution < 1.29 is 19.7 Å². The molecular weight excluding hydrogens is 390 g/mol. The molecule has 31 heavy (non-hydrogen) atoms. The van der Waals surface area contributed by atoms with E-state index in [0.29, 0.717) is 11.8 Å². The molecule has 1 aromatic carbocycles. The van der Waals surface area contributed by atoms with Gasteiger partial charge in [0.05, 0.1) is 11.0 Å². The van der Waals surface area contributed by atoms with E-state index in [1.807, 2.05) is 20.1 Å².